The fourth-order valence-corrected chi connectivity index (χ4v) is 8.04. The number of pyridine rings is 1. The van der Waals surface area contributed by atoms with Crippen LogP contribution in [0.3, 0.4) is 0 Å². The number of rotatable bonds is 8. The molecule has 0 N–H and O–H groups in total. The van der Waals surface area contributed by atoms with Crippen LogP contribution in [0, 0.1) is 18.7 Å². The number of ether oxygens (including phenoxy) is 1. The highest BCUT2D eigenvalue weighted by molar-refractivity contribution is 6.09. The molecule has 292 valence electrons. The van der Waals surface area contributed by atoms with Crippen molar-refractivity contribution < 1.29 is 23.0 Å². The zero-order valence-electron chi connectivity index (χ0n) is 43.8. The molecule has 0 aliphatic heterocycles. The number of fused-ring (bicyclic) bond motifs is 4. The molecule has 3 aromatic heterocycles. The lowest BCUT2D eigenvalue weighted by atomic mass is 9.78. The van der Waals surface area contributed by atoms with E-state index in [1.54, 1.807) is 22.8 Å². The topological polar surface area (TPSA) is 35.9 Å². The van der Waals surface area contributed by atoms with Gasteiger partial charge in [-0.05, 0) is 100 Å². The number of hydrogen-bond acceptors (Lipinski definition) is 2. The summed E-state index contributed by atoms with van der Waals surface area (Å²) in [6.45, 7) is 10.9. The summed E-state index contributed by atoms with van der Waals surface area (Å²) in [6.07, 6.45) is 5.35. The predicted octanol–water partition coefficient (Wildman–Crippen LogP) is 13.8. The molecular formula is C55H46N4O. The van der Waals surface area contributed by atoms with E-state index in [0.717, 1.165) is 33.2 Å². The van der Waals surface area contributed by atoms with Crippen molar-refractivity contribution in [1.82, 2.24) is 14.1 Å². The first kappa shape index (κ1) is 27.4. The minimum absolute atomic E-state index is 0.0501. The van der Waals surface area contributed by atoms with Crippen molar-refractivity contribution in [3.63, 3.8) is 0 Å². The summed E-state index contributed by atoms with van der Waals surface area (Å²) in [7, 11) is 0. The normalized spacial score (nSPS) is 14.7. The van der Waals surface area contributed by atoms with Gasteiger partial charge in [0.2, 0.25) is 0 Å². The van der Waals surface area contributed by atoms with Crippen molar-refractivity contribution in [2.75, 3.05) is 0 Å². The Bertz CT molecular complexity index is 3650. The second-order valence-corrected chi connectivity index (χ2v) is 16.1. The lowest BCUT2D eigenvalue weighted by molar-refractivity contribution is -0.571. The van der Waals surface area contributed by atoms with E-state index in [4.69, 9.17) is 23.4 Å². The molecule has 5 nitrogen and oxygen atoms in total. The van der Waals surface area contributed by atoms with Crippen LogP contribution in [-0.4, -0.2) is 14.1 Å². The van der Waals surface area contributed by atoms with E-state index < -0.39 is 60.4 Å². The summed E-state index contributed by atoms with van der Waals surface area (Å²) in [6, 6.07) is 31.4. The number of aromatic nitrogens is 4. The third-order valence-corrected chi connectivity index (χ3v) is 11.4. The van der Waals surface area contributed by atoms with E-state index in [-0.39, 0.29) is 39.3 Å². The number of aryl methyl sites for hydroxylation is 1. The number of imidazole rings is 1. The van der Waals surface area contributed by atoms with Crippen molar-refractivity contribution >= 4 is 32.8 Å². The smallest absolute Gasteiger partial charge is 0.269 e. The Morgan fingerprint density at radius 3 is 2.05 bits per heavy atom. The molecule has 0 aliphatic rings. The van der Waals surface area contributed by atoms with Crippen LogP contribution in [0.15, 0.2) is 182 Å². The van der Waals surface area contributed by atoms with Gasteiger partial charge in [0.15, 0.2) is 0 Å². The lowest BCUT2D eigenvalue weighted by Crippen LogP contribution is -2.32. The first-order chi connectivity index (χ1) is 33.4. The van der Waals surface area contributed by atoms with Gasteiger partial charge in [-0.2, -0.15) is 0 Å². The molecule has 10 rings (SSSR count). The molecule has 0 bridgehead atoms. The summed E-state index contributed by atoms with van der Waals surface area (Å²) in [5.41, 5.74) is 6.16. The van der Waals surface area contributed by atoms with Crippen molar-refractivity contribution in [1.29, 1.82) is 0 Å². The maximum absolute atomic E-state index is 9.05. The molecule has 60 heavy (non-hydrogen) atoms. The van der Waals surface area contributed by atoms with Gasteiger partial charge in [0.05, 0.1) is 47.1 Å². The first-order valence-corrected chi connectivity index (χ1v) is 19.9. The van der Waals surface area contributed by atoms with Gasteiger partial charge >= 0.3 is 0 Å². The molecule has 7 aromatic carbocycles. The maximum Gasteiger partial charge on any atom is 0.269 e. The zero-order chi connectivity index (χ0) is 49.7. The quantitative estimate of drug-likeness (QED) is 0.114. The highest BCUT2D eigenvalue weighted by Gasteiger charge is 2.24. The second-order valence-electron chi connectivity index (χ2n) is 16.1. The van der Waals surface area contributed by atoms with Crippen LogP contribution in [0.2, 0.25) is 0 Å². The maximum atomic E-state index is 9.05. The molecule has 0 saturated carbocycles. The van der Waals surface area contributed by atoms with E-state index >= 15 is 0 Å². The zero-order valence-corrected chi connectivity index (χ0v) is 33.8. The van der Waals surface area contributed by atoms with Gasteiger partial charge in [0.1, 0.15) is 17.3 Å². The molecule has 0 spiro atoms. The molecular weight excluding hydrogens is 733 g/mol. The Kier molecular flexibility index (Phi) is 6.79. The summed E-state index contributed by atoms with van der Waals surface area (Å²) < 4.78 is 99.6. The predicted molar refractivity (Wildman–Crippen MR) is 246 cm³/mol. The lowest BCUT2D eigenvalue weighted by Gasteiger charge is -2.27. The third kappa shape index (κ3) is 6.53. The van der Waals surface area contributed by atoms with Crippen molar-refractivity contribution in [2.24, 2.45) is 5.41 Å². The minimum atomic E-state index is -0.564. The molecule has 1 unspecified atom stereocenters. The SMILES string of the molecule is [2H]c1c([2H])c([2H])c(-c2cccc(-c3c([2H])c([2H])c([2H])c([2H])c3[2H])c2-[n+]2[c-]n(-c3cccc(Oc4ccc5c6ccccc6n(-c6cc(C(C)C(C)(C)C)ccn6)c5c4)c3)c3cccc(C)c32)c([2H])c1[2H]. The molecule has 0 saturated heterocycles. The van der Waals surface area contributed by atoms with Crippen molar-refractivity contribution in [3.05, 3.63) is 199 Å². The van der Waals surface area contributed by atoms with Gasteiger partial charge in [-0.1, -0.05) is 149 Å². The van der Waals surface area contributed by atoms with Crippen LogP contribution in [-0.2, 0) is 0 Å². The van der Waals surface area contributed by atoms with Crippen LogP contribution < -0.4 is 9.30 Å². The molecule has 3 heterocycles. The Morgan fingerprint density at radius 2 is 1.32 bits per heavy atom. The molecule has 10 aromatic rings. The summed E-state index contributed by atoms with van der Waals surface area (Å²) in [5, 5.41) is 2.14. The Hall–Kier alpha value is -7.24. The Balaban J connectivity index is 1.15. The summed E-state index contributed by atoms with van der Waals surface area (Å²) in [4.78, 5) is 4.87. The number of para-hydroxylation sites is 3. The molecule has 5 heteroatoms. The molecule has 0 amide bonds. The van der Waals surface area contributed by atoms with Crippen LogP contribution in [0.5, 0.6) is 11.5 Å². The first-order valence-electron chi connectivity index (χ1n) is 24.9. The van der Waals surface area contributed by atoms with Crippen LogP contribution in [0.1, 0.15) is 58.4 Å². The number of nitrogens with zero attached hydrogens (tertiary/aromatic N) is 4. The van der Waals surface area contributed by atoms with Gasteiger partial charge in [-0.25, -0.2) is 4.98 Å². The average Bonchev–Trinajstić information content (AvgIpc) is 3.90. The van der Waals surface area contributed by atoms with Crippen molar-refractivity contribution in [2.45, 2.75) is 40.5 Å². The summed E-state index contributed by atoms with van der Waals surface area (Å²) >= 11 is 0. The van der Waals surface area contributed by atoms with Gasteiger partial charge < -0.3 is 4.74 Å². The van der Waals surface area contributed by atoms with Crippen molar-refractivity contribution in [3.8, 4) is 50.9 Å². The highest BCUT2D eigenvalue weighted by atomic mass is 16.5. The molecule has 0 fully saturated rings. The Labute approximate surface area is 365 Å². The fraction of sp³-hybridized carbons (Fsp3) is 0.127. The van der Waals surface area contributed by atoms with Crippen LogP contribution in [0.4, 0.5) is 0 Å². The minimum Gasteiger partial charge on any atom is -0.458 e. The number of hydrogen-bond donors (Lipinski definition) is 0. The average molecular weight is 789 g/mol. The van der Waals surface area contributed by atoms with Gasteiger partial charge in [-0.3, -0.25) is 13.7 Å². The van der Waals surface area contributed by atoms with Crippen LogP contribution >= 0.6 is 0 Å². The molecule has 0 radical (unpaired) electrons. The third-order valence-electron chi connectivity index (χ3n) is 11.4. The van der Waals surface area contributed by atoms with Crippen LogP contribution in [0.25, 0.3) is 72.3 Å². The largest absolute Gasteiger partial charge is 0.458 e. The monoisotopic (exact) mass is 788 g/mol. The fourth-order valence-electron chi connectivity index (χ4n) is 8.04. The van der Waals surface area contributed by atoms with Gasteiger partial charge in [0.25, 0.3) is 6.33 Å². The molecule has 0 aliphatic carbocycles. The molecule has 1 atom stereocenters. The van der Waals surface area contributed by atoms with E-state index in [9.17, 15) is 0 Å². The highest BCUT2D eigenvalue weighted by Crippen LogP contribution is 2.39. The standard InChI is InChI=1S/C55H46N4O/c1-37-17-14-28-50-53(37)58(54-45(39-18-8-6-9-19-39)25-16-26-46(54)40-20-10-7-11-21-40)36-57(50)42-22-15-23-43(34-42)60-44-29-30-48-47-24-12-13-27-49(47)59(51(48)35-44)52-33-41(31-32-56-52)38(2)55(3,4)5/h6-35,38H,1-5H3/i6D,7D,8D,9D,10D,11D,18D,19D,20D,21D. The number of benzene rings is 7. The Morgan fingerprint density at radius 1 is 0.667 bits per heavy atom. The van der Waals surface area contributed by atoms with Gasteiger partial charge in [0, 0.05) is 23.0 Å². The van der Waals surface area contributed by atoms with Gasteiger partial charge in [-0.15, -0.1) is 0 Å². The van der Waals surface area contributed by atoms with E-state index in [1.807, 2.05) is 84.4 Å². The van der Waals surface area contributed by atoms with E-state index in [2.05, 4.69) is 68.9 Å². The second kappa shape index (κ2) is 14.9. The van der Waals surface area contributed by atoms with E-state index in [0.29, 0.717) is 28.2 Å². The van der Waals surface area contributed by atoms with E-state index in [1.165, 1.54) is 5.56 Å². The summed E-state index contributed by atoms with van der Waals surface area (Å²) in [5.74, 6) is 2.20.